The predicted molar refractivity (Wildman–Crippen MR) is 67.3 cm³/mol. The van der Waals surface area contributed by atoms with Gasteiger partial charge in [0.2, 0.25) is 0 Å². The molecule has 0 aromatic carbocycles. The largest absolute Gasteiger partial charge is 0.365 e. The molecule has 2 heteroatoms. The maximum Gasteiger partial charge on any atom is 0.166 e. The molecule has 0 aromatic heterocycles. The van der Waals surface area contributed by atoms with Crippen LogP contribution in [-0.2, 0) is 4.74 Å². The topological polar surface area (TPSA) is 29.5 Å². The van der Waals surface area contributed by atoms with Gasteiger partial charge in [-0.1, -0.05) is 39.8 Å². The summed E-state index contributed by atoms with van der Waals surface area (Å²) in [5.41, 5.74) is 0.418. The van der Waals surface area contributed by atoms with E-state index in [-0.39, 0.29) is 10.8 Å². The van der Waals surface area contributed by atoms with Crippen molar-refractivity contribution in [2.24, 2.45) is 28.6 Å². The maximum absolute atomic E-state index is 10.5. The molecule has 17 heavy (non-hydrogen) atoms. The molecule has 96 valence electrons. The highest BCUT2D eigenvalue weighted by Crippen LogP contribution is 2.63. The summed E-state index contributed by atoms with van der Waals surface area (Å²) < 4.78 is 5.83. The summed E-state index contributed by atoms with van der Waals surface area (Å²) in [6, 6.07) is 0. The SMILES string of the molecule is C[C@@H]1C=C[C@]2(C)[C@H]3C[C@@](O)(C[C@@H]2C)OC[C@@]13C. The van der Waals surface area contributed by atoms with Crippen molar-refractivity contribution in [3.05, 3.63) is 12.2 Å². The van der Waals surface area contributed by atoms with Gasteiger partial charge in [0, 0.05) is 18.3 Å². The molecule has 0 unspecified atom stereocenters. The summed E-state index contributed by atoms with van der Waals surface area (Å²) in [5.74, 6) is 0.705. The van der Waals surface area contributed by atoms with Crippen LogP contribution >= 0.6 is 0 Å². The van der Waals surface area contributed by atoms with Crippen LogP contribution in [0.2, 0.25) is 0 Å². The van der Waals surface area contributed by atoms with Crippen LogP contribution in [-0.4, -0.2) is 17.5 Å². The third-order valence-electron chi connectivity index (χ3n) is 6.19. The van der Waals surface area contributed by atoms with Crippen LogP contribution in [0.25, 0.3) is 0 Å². The van der Waals surface area contributed by atoms with Gasteiger partial charge in [-0.15, -0.1) is 0 Å². The van der Waals surface area contributed by atoms with Crippen molar-refractivity contribution in [1.82, 2.24) is 0 Å². The second kappa shape index (κ2) is 3.16. The van der Waals surface area contributed by atoms with Gasteiger partial charge in [0.25, 0.3) is 0 Å². The summed E-state index contributed by atoms with van der Waals surface area (Å²) >= 11 is 0. The van der Waals surface area contributed by atoms with Crippen LogP contribution in [0.15, 0.2) is 12.2 Å². The second-order valence-electron chi connectivity index (χ2n) is 7.12. The van der Waals surface area contributed by atoms with E-state index >= 15 is 0 Å². The van der Waals surface area contributed by atoms with Crippen molar-refractivity contribution < 1.29 is 9.84 Å². The first-order valence-corrected chi connectivity index (χ1v) is 6.86. The molecule has 0 spiro atoms. The van der Waals surface area contributed by atoms with Gasteiger partial charge in [-0.3, -0.25) is 0 Å². The molecule has 3 rings (SSSR count). The Hall–Kier alpha value is -0.340. The fourth-order valence-electron chi connectivity index (χ4n) is 4.42. The number of aliphatic hydroxyl groups is 1. The third-order valence-corrected chi connectivity index (χ3v) is 6.19. The van der Waals surface area contributed by atoms with Crippen LogP contribution in [0, 0.1) is 28.6 Å². The third kappa shape index (κ3) is 1.34. The minimum atomic E-state index is -0.853. The molecule has 0 amide bonds. The van der Waals surface area contributed by atoms with E-state index in [1.165, 1.54) is 0 Å². The molecule has 2 nitrogen and oxygen atoms in total. The van der Waals surface area contributed by atoms with E-state index in [4.69, 9.17) is 4.74 Å². The summed E-state index contributed by atoms with van der Waals surface area (Å²) in [5, 5.41) is 10.5. The van der Waals surface area contributed by atoms with Crippen molar-refractivity contribution in [1.29, 1.82) is 0 Å². The zero-order chi connectivity index (χ0) is 12.5. The molecule has 2 fully saturated rings. The monoisotopic (exact) mass is 236 g/mol. The molecule has 0 radical (unpaired) electrons. The molecule has 1 saturated carbocycles. The lowest BCUT2D eigenvalue weighted by atomic mass is 9.46. The molecule has 1 saturated heterocycles. The number of hydrogen-bond acceptors (Lipinski definition) is 2. The Bertz CT molecular complexity index is 377. The zero-order valence-corrected chi connectivity index (χ0v) is 11.4. The molecule has 1 N–H and O–H groups in total. The molecule has 1 heterocycles. The van der Waals surface area contributed by atoms with Gasteiger partial charge >= 0.3 is 0 Å². The molecular formula is C15H24O2. The van der Waals surface area contributed by atoms with Gasteiger partial charge < -0.3 is 9.84 Å². The van der Waals surface area contributed by atoms with E-state index in [1.54, 1.807) is 0 Å². The first kappa shape index (κ1) is 11.7. The van der Waals surface area contributed by atoms with Gasteiger partial charge in [-0.2, -0.15) is 0 Å². The van der Waals surface area contributed by atoms with E-state index in [9.17, 15) is 5.11 Å². The predicted octanol–water partition coefficient (Wildman–Crippen LogP) is 2.97. The molecule has 1 aliphatic heterocycles. The van der Waals surface area contributed by atoms with Crippen LogP contribution in [0.3, 0.4) is 0 Å². The Labute approximate surface area is 104 Å². The molecule has 6 atom stereocenters. The zero-order valence-electron chi connectivity index (χ0n) is 11.4. The van der Waals surface area contributed by atoms with Crippen molar-refractivity contribution in [2.75, 3.05) is 6.61 Å². The molecule has 3 aliphatic rings. The minimum Gasteiger partial charge on any atom is -0.365 e. The Morgan fingerprint density at radius 2 is 1.94 bits per heavy atom. The molecule has 2 aliphatic carbocycles. The lowest BCUT2D eigenvalue weighted by Crippen LogP contribution is -2.63. The fourth-order valence-corrected chi connectivity index (χ4v) is 4.42. The van der Waals surface area contributed by atoms with E-state index < -0.39 is 5.79 Å². The molecule has 2 bridgehead atoms. The van der Waals surface area contributed by atoms with Crippen molar-refractivity contribution in [3.8, 4) is 0 Å². The first-order chi connectivity index (χ1) is 7.80. The van der Waals surface area contributed by atoms with E-state index in [2.05, 4.69) is 39.8 Å². The Kier molecular flexibility index (Phi) is 2.18. The highest BCUT2D eigenvalue weighted by Gasteiger charge is 2.61. The van der Waals surface area contributed by atoms with E-state index in [1.807, 2.05) is 0 Å². The quantitative estimate of drug-likeness (QED) is 0.655. The van der Waals surface area contributed by atoms with Crippen LogP contribution < -0.4 is 0 Å². The summed E-state index contributed by atoms with van der Waals surface area (Å²) in [4.78, 5) is 0. The molecule has 0 aromatic rings. The first-order valence-electron chi connectivity index (χ1n) is 6.86. The van der Waals surface area contributed by atoms with E-state index in [0.717, 1.165) is 12.8 Å². The van der Waals surface area contributed by atoms with Gasteiger partial charge in [0.05, 0.1) is 6.61 Å². The average molecular weight is 236 g/mol. The number of fused-ring (bicyclic) bond motifs is 1. The maximum atomic E-state index is 10.5. The van der Waals surface area contributed by atoms with Crippen LogP contribution in [0.4, 0.5) is 0 Å². The number of hydrogen-bond donors (Lipinski definition) is 1. The minimum absolute atomic E-state index is 0.185. The lowest BCUT2D eigenvalue weighted by molar-refractivity contribution is -0.318. The van der Waals surface area contributed by atoms with Crippen molar-refractivity contribution >= 4 is 0 Å². The summed E-state index contributed by atoms with van der Waals surface area (Å²) in [6.45, 7) is 9.94. The average Bonchev–Trinajstić information content (AvgIpc) is 2.26. The summed E-state index contributed by atoms with van der Waals surface area (Å²) in [7, 11) is 0. The number of allylic oxidation sites excluding steroid dienone is 2. The number of ether oxygens (including phenoxy) is 1. The normalized spacial score (nSPS) is 61.4. The summed E-state index contributed by atoms with van der Waals surface area (Å²) in [6.07, 6.45) is 6.36. The Morgan fingerprint density at radius 1 is 1.24 bits per heavy atom. The van der Waals surface area contributed by atoms with Gasteiger partial charge in [0.15, 0.2) is 5.79 Å². The highest BCUT2D eigenvalue weighted by molar-refractivity contribution is 5.20. The van der Waals surface area contributed by atoms with Crippen molar-refractivity contribution in [2.45, 2.75) is 46.3 Å². The number of rotatable bonds is 0. The van der Waals surface area contributed by atoms with Crippen LogP contribution in [0.1, 0.15) is 40.5 Å². The molecular weight excluding hydrogens is 212 g/mol. The Balaban J connectivity index is 2.11. The smallest absolute Gasteiger partial charge is 0.166 e. The second-order valence-corrected chi connectivity index (χ2v) is 7.12. The van der Waals surface area contributed by atoms with Crippen molar-refractivity contribution in [3.63, 3.8) is 0 Å². The fraction of sp³-hybridized carbons (Fsp3) is 0.867. The van der Waals surface area contributed by atoms with Crippen LogP contribution in [0.5, 0.6) is 0 Å². The van der Waals surface area contributed by atoms with Gasteiger partial charge in [0.1, 0.15) is 0 Å². The Morgan fingerprint density at radius 3 is 2.65 bits per heavy atom. The van der Waals surface area contributed by atoms with Gasteiger partial charge in [-0.25, -0.2) is 0 Å². The van der Waals surface area contributed by atoms with Gasteiger partial charge in [-0.05, 0) is 23.2 Å². The lowest BCUT2D eigenvalue weighted by Gasteiger charge is -2.63. The highest BCUT2D eigenvalue weighted by atomic mass is 16.6. The van der Waals surface area contributed by atoms with E-state index in [0.29, 0.717) is 24.4 Å². The standard InChI is InChI=1S/C15H24O2/c1-10-5-6-13(3)11(2)7-15(16)8-12(13)14(10,4)9-17-15/h5-6,10-12,16H,7-9H2,1-4H3/t10-,11+,12-,13+,14+,15-/m1/s1.